The lowest BCUT2D eigenvalue weighted by Crippen LogP contribution is -2.44. The van der Waals surface area contributed by atoms with Crippen molar-refractivity contribution < 1.29 is 9.66 Å². The average Bonchev–Trinajstić information content (AvgIpc) is 3.00. The van der Waals surface area contributed by atoms with Gasteiger partial charge < -0.3 is 9.64 Å². The maximum atomic E-state index is 11.3. The molecule has 0 aromatic carbocycles. The van der Waals surface area contributed by atoms with Crippen LogP contribution in [0.4, 0.5) is 11.6 Å². The first-order valence-electron chi connectivity index (χ1n) is 6.93. The maximum Gasteiger partial charge on any atom is 0.333 e. The van der Waals surface area contributed by atoms with Crippen LogP contribution in [0.3, 0.4) is 0 Å². The zero-order valence-electron chi connectivity index (χ0n) is 12.3. The molecular formula is C13H16N6O3. The number of nitro groups is 1. The Hall–Kier alpha value is -2.55. The van der Waals surface area contributed by atoms with Gasteiger partial charge in [-0.25, -0.2) is 9.97 Å². The molecule has 1 aliphatic heterocycles. The summed E-state index contributed by atoms with van der Waals surface area (Å²) >= 11 is 0. The molecule has 1 atom stereocenters. The lowest BCUT2D eigenvalue weighted by atomic mass is 10.2. The molecule has 0 bridgehead atoms. The van der Waals surface area contributed by atoms with Crippen LogP contribution < -0.4 is 4.90 Å². The minimum atomic E-state index is -0.461. The van der Waals surface area contributed by atoms with Crippen molar-refractivity contribution in [3.63, 3.8) is 0 Å². The van der Waals surface area contributed by atoms with Crippen molar-refractivity contribution in [3.8, 4) is 5.82 Å². The third-order valence-electron chi connectivity index (χ3n) is 3.58. The standard InChI is InChI=1S/C13H16N6O3/c1-9-7-22-6-5-18(9)13-15-10(2)11(19(20)21)12(16-13)17-4-3-14-8-17/h3-4,8-9H,5-7H2,1-2H3/t9-/m0/s1. The number of nitrogens with zero attached hydrogens (tertiary/aromatic N) is 6. The number of rotatable bonds is 3. The zero-order valence-corrected chi connectivity index (χ0v) is 12.3. The molecule has 0 amide bonds. The summed E-state index contributed by atoms with van der Waals surface area (Å²) in [7, 11) is 0. The van der Waals surface area contributed by atoms with Crippen molar-refractivity contribution in [2.24, 2.45) is 0 Å². The Balaban J connectivity index is 2.12. The van der Waals surface area contributed by atoms with E-state index in [0.29, 0.717) is 31.4 Å². The Labute approximate surface area is 126 Å². The van der Waals surface area contributed by atoms with E-state index in [1.54, 1.807) is 19.3 Å². The molecule has 0 aliphatic carbocycles. The molecule has 9 nitrogen and oxygen atoms in total. The molecule has 0 radical (unpaired) electrons. The second-order valence-corrected chi connectivity index (χ2v) is 5.13. The van der Waals surface area contributed by atoms with Crippen LogP contribution in [0.25, 0.3) is 5.82 Å². The van der Waals surface area contributed by atoms with Crippen LogP contribution in [0, 0.1) is 17.0 Å². The molecule has 1 saturated heterocycles. The van der Waals surface area contributed by atoms with Gasteiger partial charge in [0, 0.05) is 18.9 Å². The summed E-state index contributed by atoms with van der Waals surface area (Å²) in [5.74, 6) is 0.700. The Kier molecular flexibility index (Phi) is 3.72. The highest BCUT2D eigenvalue weighted by atomic mass is 16.6. The second kappa shape index (κ2) is 5.68. The van der Waals surface area contributed by atoms with Gasteiger partial charge in [0.1, 0.15) is 12.0 Å². The predicted octanol–water partition coefficient (Wildman–Crippen LogP) is 1.10. The first kappa shape index (κ1) is 14.4. The Morgan fingerprint density at radius 3 is 2.91 bits per heavy atom. The summed E-state index contributed by atoms with van der Waals surface area (Å²) < 4.78 is 6.94. The van der Waals surface area contributed by atoms with Gasteiger partial charge >= 0.3 is 5.69 Å². The molecule has 0 N–H and O–H groups in total. The van der Waals surface area contributed by atoms with Crippen molar-refractivity contribution in [2.45, 2.75) is 19.9 Å². The molecule has 3 rings (SSSR count). The van der Waals surface area contributed by atoms with Gasteiger partial charge in [-0.1, -0.05) is 0 Å². The molecule has 22 heavy (non-hydrogen) atoms. The third-order valence-corrected chi connectivity index (χ3v) is 3.58. The van der Waals surface area contributed by atoms with Crippen molar-refractivity contribution in [1.82, 2.24) is 19.5 Å². The van der Waals surface area contributed by atoms with Gasteiger partial charge in [0.05, 0.1) is 24.2 Å². The van der Waals surface area contributed by atoms with Gasteiger partial charge in [-0.3, -0.25) is 14.7 Å². The number of morpholine rings is 1. The van der Waals surface area contributed by atoms with E-state index in [9.17, 15) is 10.1 Å². The van der Waals surface area contributed by atoms with Crippen LogP contribution >= 0.6 is 0 Å². The highest BCUT2D eigenvalue weighted by Gasteiger charge is 2.28. The number of ether oxygens (including phenoxy) is 1. The monoisotopic (exact) mass is 304 g/mol. The zero-order chi connectivity index (χ0) is 15.7. The highest BCUT2D eigenvalue weighted by Crippen LogP contribution is 2.27. The maximum absolute atomic E-state index is 11.3. The molecule has 1 fully saturated rings. The fourth-order valence-electron chi connectivity index (χ4n) is 2.47. The topological polar surface area (TPSA) is 99.2 Å². The predicted molar refractivity (Wildman–Crippen MR) is 78.2 cm³/mol. The van der Waals surface area contributed by atoms with Gasteiger partial charge in [-0.05, 0) is 13.8 Å². The number of aromatic nitrogens is 4. The van der Waals surface area contributed by atoms with Gasteiger partial charge in [-0.2, -0.15) is 4.98 Å². The van der Waals surface area contributed by atoms with E-state index >= 15 is 0 Å². The summed E-state index contributed by atoms with van der Waals surface area (Å²) in [5, 5.41) is 11.3. The van der Waals surface area contributed by atoms with Crippen LogP contribution in [0.2, 0.25) is 0 Å². The number of hydrogen-bond donors (Lipinski definition) is 0. The minimum absolute atomic E-state index is 0.109. The number of hydrogen-bond acceptors (Lipinski definition) is 7. The normalized spacial score (nSPS) is 18.5. The van der Waals surface area contributed by atoms with Gasteiger partial charge in [-0.15, -0.1) is 0 Å². The lowest BCUT2D eigenvalue weighted by Gasteiger charge is -2.33. The van der Waals surface area contributed by atoms with E-state index in [1.807, 2.05) is 11.8 Å². The molecular weight excluding hydrogens is 288 g/mol. The number of imidazole rings is 1. The number of anilines is 1. The Bertz CT molecular complexity index is 687. The van der Waals surface area contributed by atoms with Crippen molar-refractivity contribution in [1.29, 1.82) is 0 Å². The van der Waals surface area contributed by atoms with Crippen molar-refractivity contribution >= 4 is 11.6 Å². The summed E-state index contributed by atoms with van der Waals surface area (Å²) in [5.41, 5.74) is 0.222. The van der Waals surface area contributed by atoms with E-state index in [0.717, 1.165) is 0 Å². The van der Waals surface area contributed by atoms with Gasteiger partial charge in [0.25, 0.3) is 0 Å². The fraction of sp³-hybridized carbons (Fsp3) is 0.462. The molecule has 0 unspecified atom stereocenters. The summed E-state index contributed by atoms with van der Waals surface area (Å²) in [6.07, 6.45) is 4.67. The van der Waals surface area contributed by atoms with E-state index in [2.05, 4.69) is 15.0 Å². The first-order chi connectivity index (χ1) is 10.6. The van der Waals surface area contributed by atoms with Crippen molar-refractivity contribution in [3.05, 3.63) is 34.5 Å². The SMILES string of the molecule is Cc1nc(N2CCOC[C@@H]2C)nc(-n2ccnc2)c1[N+](=O)[O-]. The van der Waals surface area contributed by atoms with Crippen LogP contribution in [-0.4, -0.2) is 50.2 Å². The second-order valence-electron chi connectivity index (χ2n) is 5.13. The molecule has 3 heterocycles. The first-order valence-corrected chi connectivity index (χ1v) is 6.93. The van der Waals surface area contributed by atoms with E-state index in [1.165, 1.54) is 10.9 Å². The van der Waals surface area contributed by atoms with Crippen LogP contribution in [0.1, 0.15) is 12.6 Å². The highest BCUT2D eigenvalue weighted by molar-refractivity contribution is 5.54. The summed E-state index contributed by atoms with van der Waals surface area (Å²) in [6.45, 7) is 5.46. The summed E-state index contributed by atoms with van der Waals surface area (Å²) in [6, 6.07) is 0.116. The van der Waals surface area contributed by atoms with Crippen LogP contribution in [0.5, 0.6) is 0 Å². The van der Waals surface area contributed by atoms with Crippen LogP contribution in [0.15, 0.2) is 18.7 Å². The smallest absolute Gasteiger partial charge is 0.333 e. The van der Waals surface area contributed by atoms with Gasteiger partial charge in [0.15, 0.2) is 0 Å². The van der Waals surface area contributed by atoms with Gasteiger partial charge in [0.2, 0.25) is 11.8 Å². The van der Waals surface area contributed by atoms with Crippen molar-refractivity contribution in [2.75, 3.05) is 24.7 Å². The molecule has 0 spiro atoms. The minimum Gasteiger partial charge on any atom is -0.377 e. The lowest BCUT2D eigenvalue weighted by molar-refractivity contribution is -0.385. The Morgan fingerprint density at radius 1 is 1.45 bits per heavy atom. The largest absolute Gasteiger partial charge is 0.377 e. The molecule has 1 aliphatic rings. The third kappa shape index (κ3) is 2.50. The molecule has 2 aromatic rings. The van der Waals surface area contributed by atoms with E-state index in [-0.39, 0.29) is 17.5 Å². The molecule has 0 saturated carbocycles. The fourth-order valence-corrected chi connectivity index (χ4v) is 2.47. The molecule has 2 aromatic heterocycles. The average molecular weight is 304 g/mol. The number of aryl methyl sites for hydroxylation is 1. The molecule has 9 heteroatoms. The van der Waals surface area contributed by atoms with E-state index in [4.69, 9.17) is 4.74 Å². The van der Waals surface area contributed by atoms with E-state index < -0.39 is 4.92 Å². The van der Waals surface area contributed by atoms with Crippen LogP contribution in [-0.2, 0) is 4.74 Å². The molecule has 116 valence electrons. The Morgan fingerprint density at radius 2 is 2.27 bits per heavy atom. The summed E-state index contributed by atoms with van der Waals surface area (Å²) in [4.78, 5) is 25.6. The quantitative estimate of drug-likeness (QED) is 0.618.